The van der Waals surface area contributed by atoms with Gasteiger partial charge in [0.2, 0.25) is 0 Å². The zero-order chi connectivity index (χ0) is 11.8. The molecule has 4 nitrogen and oxygen atoms in total. The van der Waals surface area contributed by atoms with Crippen LogP contribution in [0.15, 0.2) is 30.5 Å². The number of rotatable bonds is 1. The van der Waals surface area contributed by atoms with Gasteiger partial charge in [0.1, 0.15) is 11.4 Å². The van der Waals surface area contributed by atoms with E-state index in [4.69, 9.17) is 0 Å². The van der Waals surface area contributed by atoms with Crippen LogP contribution in [0, 0.1) is 0 Å². The van der Waals surface area contributed by atoms with E-state index in [-0.39, 0.29) is 11.5 Å². The number of benzene rings is 1. The number of carbonyl (C=O) groups is 1. The second-order valence-electron chi connectivity index (χ2n) is 4.04. The Morgan fingerprint density at radius 3 is 2.94 bits per heavy atom. The van der Waals surface area contributed by atoms with E-state index in [0.29, 0.717) is 23.5 Å². The monoisotopic (exact) mass is 226 g/mol. The van der Waals surface area contributed by atoms with Crippen molar-refractivity contribution in [2.24, 2.45) is 0 Å². The van der Waals surface area contributed by atoms with Gasteiger partial charge >= 0.3 is 0 Å². The lowest BCUT2D eigenvalue weighted by atomic mass is 10.2. The van der Waals surface area contributed by atoms with Crippen LogP contribution in [-0.2, 0) is 6.42 Å². The molecule has 0 spiro atoms. The predicted molar refractivity (Wildman–Crippen MR) is 61.8 cm³/mol. The summed E-state index contributed by atoms with van der Waals surface area (Å²) in [6, 6.07) is 6.70. The number of hydrogen-bond acceptors (Lipinski definition) is 4. The number of nitrogens with zero attached hydrogens (tertiary/aromatic N) is 2. The molecule has 3 rings (SSSR count). The van der Waals surface area contributed by atoms with Gasteiger partial charge in [-0.25, -0.2) is 9.97 Å². The Hall–Kier alpha value is -2.23. The number of carbonyl (C=O) groups excluding carboxylic acids is 1. The molecular weight excluding hydrogens is 216 g/mol. The molecule has 1 aromatic carbocycles. The maximum atomic E-state index is 11.6. The normalized spacial score (nSPS) is 13.8. The number of fused-ring (bicyclic) bond motifs is 1. The van der Waals surface area contributed by atoms with Crippen LogP contribution in [0.4, 0.5) is 0 Å². The van der Waals surface area contributed by atoms with Crippen molar-refractivity contribution in [3.05, 3.63) is 41.7 Å². The summed E-state index contributed by atoms with van der Waals surface area (Å²) >= 11 is 0. The second kappa shape index (κ2) is 3.66. The zero-order valence-electron chi connectivity index (χ0n) is 9.05. The first-order chi connectivity index (χ1) is 8.24. The zero-order valence-corrected chi connectivity index (χ0v) is 9.05. The lowest BCUT2D eigenvalue weighted by Crippen LogP contribution is -1.99. The molecule has 1 N–H and O–H groups in total. The third-order valence-electron chi connectivity index (χ3n) is 2.85. The molecule has 1 heterocycles. The molecule has 0 unspecified atom stereocenters. The van der Waals surface area contributed by atoms with Gasteiger partial charge in [-0.15, -0.1) is 0 Å². The lowest BCUT2D eigenvalue weighted by Gasteiger charge is -2.02. The summed E-state index contributed by atoms with van der Waals surface area (Å²) in [6.07, 6.45) is 2.95. The standard InChI is InChI=1S/C13H10N2O2/c16-10-3-1-2-8(6-10)13-14-7-9-4-5-11(17)12(9)15-13/h1-3,6-7,16H,4-5H2. The van der Waals surface area contributed by atoms with E-state index in [0.717, 1.165) is 12.0 Å². The summed E-state index contributed by atoms with van der Waals surface area (Å²) in [5, 5.41) is 9.40. The number of phenolic OH excluding ortho intramolecular Hbond substituents is 1. The van der Waals surface area contributed by atoms with Crippen LogP contribution in [0.25, 0.3) is 11.4 Å². The van der Waals surface area contributed by atoms with Crippen LogP contribution in [-0.4, -0.2) is 20.9 Å². The summed E-state index contributed by atoms with van der Waals surface area (Å²) in [7, 11) is 0. The predicted octanol–water partition coefficient (Wildman–Crippen LogP) is 1.98. The summed E-state index contributed by atoms with van der Waals surface area (Å²) in [5.41, 5.74) is 2.16. The first-order valence-electron chi connectivity index (χ1n) is 5.42. The van der Waals surface area contributed by atoms with Gasteiger partial charge in [0.05, 0.1) is 0 Å². The van der Waals surface area contributed by atoms with Gasteiger partial charge in [0, 0.05) is 23.7 Å². The molecular formula is C13H10N2O2. The number of aryl methyl sites for hydroxylation is 1. The highest BCUT2D eigenvalue weighted by molar-refractivity contribution is 5.98. The van der Waals surface area contributed by atoms with Crippen LogP contribution in [0.1, 0.15) is 22.5 Å². The molecule has 0 saturated heterocycles. The second-order valence-corrected chi connectivity index (χ2v) is 4.04. The topological polar surface area (TPSA) is 63.1 Å². The van der Waals surface area contributed by atoms with E-state index in [1.807, 2.05) is 0 Å². The molecule has 0 saturated carbocycles. The van der Waals surface area contributed by atoms with Gasteiger partial charge in [0.25, 0.3) is 0 Å². The molecule has 0 bridgehead atoms. The highest BCUT2D eigenvalue weighted by atomic mass is 16.3. The summed E-state index contributed by atoms with van der Waals surface area (Å²) in [4.78, 5) is 20.1. The Labute approximate surface area is 98.0 Å². The average molecular weight is 226 g/mol. The Bertz CT molecular complexity index is 608. The van der Waals surface area contributed by atoms with Gasteiger partial charge in [-0.2, -0.15) is 0 Å². The minimum absolute atomic E-state index is 0.0730. The van der Waals surface area contributed by atoms with Crippen LogP contribution >= 0.6 is 0 Å². The third kappa shape index (κ3) is 1.67. The maximum absolute atomic E-state index is 11.6. The Balaban J connectivity index is 2.11. The summed E-state index contributed by atoms with van der Waals surface area (Å²) in [6.45, 7) is 0. The number of ketones is 1. The van der Waals surface area contributed by atoms with Gasteiger partial charge in [-0.3, -0.25) is 4.79 Å². The van der Waals surface area contributed by atoms with E-state index in [1.165, 1.54) is 0 Å². The van der Waals surface area contributed by atoms with Crippen molar-refractivity contribution in [2.75, 3.05) is 0 Å². The van der Waals surface area contributed by atoms with Crippen molar-refractivity contribution in [3.8, 4) is 17.1 Å². The summed E-state index contributed by atoms with van der Waals surface area (Å²) < 4.78 is 0. The largest absolute Gasteiger partial charge is 0.508 e. The van der Waals surface area contributed by atoms with Crippen LogP contribution in [0.5, 0.6) is 5.75 Å². The van der Waals surface area contributed by atoms with Crippen molar-refractivity contribution in [3.63, 3.8) is 0 Å². The summed E-state index contributed by atoms with van der Waals surface area (Å²) in [5.74, 6) is 0.719. The molecule has 17 heavy (non-hydrogen) atoms. The van der Waals surface area contributed by atoms with Crippen LogP contribution < -0.4 is 0 Å². The highest BCUT2D eigenvalue weighted by Gasteiger charge is 2.22. The first kappa shape index (κ1) is 9.96. The quantitative estimate of drug-likeness (QED) is 0.807. The number of hydrogen-bond donors (Lipinski definition) is 1. The van der Waals surface area contributed by atoms with Gasteiger partial charge in [-0.05, 0) is 18.6 Å². The maximum Gasteiger partial charge on any atom is 0.181 e. The fraction of sp³-hybridized carbons (Fsp3) is 0.154. The van der Waals surface area contributed by atoms with E-state index in [2.05, 4.69) is 9.97 Å². The minimum atomic E-state index is 0.0730. The molecule has 0 amide bonds. The molecule has 1 aliphatic carbocycles. The lowest BCUT2D eigenvalue weighted by molar-refractivity contribution is 0.0990. The molecule has 0 fully saturated rings. The SMILES string of the molecule is O=C1CCc2cnc(-c3cccc(O)c3)nc21. The van der Waals surface area contributed by atoms with Crippen LogP contribution in [0.3, 0.4) is 0 Å². The number of aromatic hydroxyl groups is 1. The van der Waals surface area contributed by atoms with E-state index in [1.54, 1.807) is 30.5 Å². The molecule has 84 valence electrons. The smallest absolute Gasteiger partial charge is 0.181 e. The van der Waals surface area contributed by atoms with Crippen molar-refractivity contribution in [2.45, 2.75) is 12.8 Å². The molecule has 1 aromatic heterocycles. The molecule has 0 aliphatic heterocycles. The third-order valence-corrected chi connectivity index (χ3v) is 2.85. The Morgan fingerprint density at radius 1 is 1.24 bits per heavy atom. The molecule has 0 atom stereocenters. The molecule has 0 radical (unpaired) electrons. The Kier molecular flexibility index (Phi) is 2.14. The van der Waals surface area contributed by atoms with Gasteiger partial charge in [-0.1, -0.05) is 12.1 Å². The molecule has 4 heteroatoms. The molecule has 2 aromatic rings. The highest BCUT2D eigenvalue weighted by Crippen LogP contribution is 2.24. The average Bonchev–Trinajstić information content (AvgIpc) is 2.71. The van der Waals surface area contributed by atoms with Crippen molar-refractivity contribution in [1.82, 2.24) is 9.97 Å². The fourth-order valence-electron chi connectivity index (χ4n) is 1.98. The van der Waals surface area contributed by atoms with Gasteiger partial charge in [0.15, 0.2) is 11.6 Å². The first-order valence-corrected chi connectivity index (χ1v) is 5.42. The molecule has 1 aliphatic rings. The number of Topliss-reactive ketones (excluding diaryl/α,β-unsaturated/α-hetero) is 1. The Morgan fingerprint density at radius 2 is 2.12 bits per heavy atom. The van der Waals surface area contributed by atoms with E-state index >= 15 is 0 Å². The van der Waals surface area contributed by atoms with E-state index < -0.39 is 0 Å². The van der Waals surface area contributed by atoms with E-state index in [9.17, 15) is 9.90 Å². The van der Waals surface area contributed by atoms with Crippen molar-refractivity contribution >= 4 is 5.78 Å². The fourth-order valence-corrected chi connectivity index (χ4v) is 1.98. The van der Waals surface area contributed by atoms with Crippen molar-refractivity contribution < 1.29 is 9.90 Å². The minimum Gasteiger partial charge on any atom is -0.508 e. The number of phenols is 1. The van der Waals surface area contributed by atoms with Gasteiger partial charge < -0.3 is 5.11 Å². The van der Waals surface area contributed by atoms with Crippen molar-refractivity contribution in [1.29, 1.82) is 0 Å². The van der Waals surface area contributed by atoms with Crippen LogP contribution in [0.2, 0.25) is 0 Å². The number of aromatic nitrogens is 2.